The molecule has 0 aliphatic rings. The van der Waals surface area contributed by atoms with Crippen LogP contribution in [0.1, 0.15) is 25.8 Å². The predicted octanol–water partition coefficient (Wildman–Crippen LogP) is 2.43. The minimum Gasteiger partial charge on any atom is -0.326 e. The maximum atomic E-state index is 5.63. The van der Waals surface area contributed by atoms with Crippen molar-refractivity contribution in [1.29, 1.82) is 0 Å². The monoisotopic (exact) mass is 196 g/mol. The van der Waals surface area contributed by atoms with E-state index >= 15 is 0 Å². The van der Waals surface area contributed by atoms with Crippen LogP contribution in [0.25, 0.3) is 0 Å². The summed E-state index contributed by atoms with van der Waals surface area (Å²) in [5.74, 6) is 0. The molecule has 1 aromatic rings. The van der Waals surface area contributed by atoms with E-state index in [9.17, 15) is 0 Å². The van der Waals surface area contributed by atoms with Crippen molar-refractivity contribution in [3.63, 3.8) is 0 Å². The van der Waals surface area contributed by atoms with Crippen LogP contribution in [0.15, 0.2) is 23.4 Å². The second-order valence-corrected chi connectivity index (χ2v) is 4.50. The Hall–Kier alpha value is -0.540. The molecular weight excluding hydrogens is 180 g/mol. The van der Waals surface area contributed by atoms with Crippen molar-refractivity contribution in [2.75, 3.05) is 0 Å². The second-order valence-electron chi connectivity index (χ2n) is 3.02. The maximum Gasteiger partial charge on any atom is 0.0407 e. The lowest BCUT2D eigenvalue weighted by atomic mass is 10.3. The van der Waals surface area contributed by atoms with Gasteiger partial charge in [0.15, 0.2) is 0 Å². The van der Waals surface area contributed by atoms with Crippen LogP contribution in [0.4, 0.5) is 0 Å². The molecule has 1 unspecified atom stereocenters. The Morgan fingerprint density at radius 2 is 2.38 bits per heavy atom. The zero-order valence-electron chi connectivity index (χ0n) is 8.16. The van der Waals surface area contributed by atoms with Gasteiger partial charge in [-0.15, -0.1) is 11.8 Å². The lowest BCUT2D eigenvalue weighted by molar-refractivity contribution is 0.900. The molecule has 72 valence electrons. The zero-order valence-corrected chi connectivity index (χ0v) is 8.97. The highest BCUT2D eigenvalue weighted by molar-refractivity contribution is 8.00. The van der Waals surface area contributed by atoms with Gasteiger partial charge in [0, 0.05) is 29.1 Å². The van der Waals surface area contributed by atoms with Gasteiger partial charge in [-0.2, -0.15) is 0 Å². The summed E-state index contributed by atoms with van der Waals surface area (Å²) in [6.45, 7) is 5.01. The highest BCUT2D eigenvalue weighted by Crippen LogP contribution is 2.26. The Kier molecular flexibility index (Phi) is 4.25. The first-order chi connectivity index (χ1) is 6.27. The van der Waals surface area contributed by atoms with Crippen LogP contribution in [-0.2, 0) is 6.54 Å². The largest absolute Gasteiger partial charge is 0.326 e. The first-order valence-corrected chi connectivity index (χ1v) is 5.45. The minimum absolute atomic E-state index is 0.598. The summed E-state index contributed by atoms with van der Waals surface area (Å²) in [4.78, 5) is 5.33. The summed E-state index contributed by atoms with van der Waals surface area (Å²) < 4.78 is 0. The number of pyridine rings is 1. The molecule has 2 N–H and O–H groups in total. The van der Waals surface area contributed by atoms with Crippen LogP contribution in [0.3, 0.4) is 0 Å². The van der Waals surface area contributed by atoms with Gasteiger partial charge >= 0.3 is 0 Å². The normalized spacial score (nSPS) is 12.8. The summed E-state index contributed by atoms with van der Waals surface area (Å²) in [6, 6.07) is 1.99. The quantitative estimate of drug-likeness (QED) is 0.752. The van der Waals surface area contributed by atoms with Gasteiger partial charge < -0.3 is 5.73 Å². The van der Waals surface area contributed by atoms with E-state index in [1.807, 2.05) is 24.0 Å². The van der Waals surface area contributed by atoms with E-state index in [-0.39, 0.29) is 0 Å². The maximum absolute atomic E-state index is 5.63. The van der Waals surface area contributed by atoms with E-state index in [0.717, 1.165) is 0 Å². The molecule has 0 aromatic carbocycles. The minimum atomic E-state index is 0.598. The topological polar surface area (TPSA) is 38.9 Å². The summed E-state index contributed by atoms with van der Waals surface area (Å²) in [7, 11) is 0. The van der Waals surface area contributed by atoms with E-state index < -0.39 is 0 Å². The SMILES string of the molecule is CCC(C)Sc1cnccc1CN. The molecule has 0 amide bonds. The third-order valence-corrected chi connectivity index (χ3v) is 3.35. The summed E-state index contributed by atoms with van der Waals surface area (Å²) >= 11 is 1.85. The highest BCUT2D eigenvalue weighted by Gasteiger charge is 2.05. The van der Waals surface area contributed by atoms with Crippen molar-refractivity contribution in [3.05, 3.63) is 24.0 Å². The third-order valence-electron chi connectivity index (χ3n) is 1.99. The fraction of sp³-hybridized carbons (Fsp3) is 0.500. The molecule has 1 heterocycles. The molecule has 0 radical (unpaired) electrons. The molecule has 0 spiro atoms. The van der Waals surface area contributed by atoms with E-state index in [1.54, 1.807) is 6.20 Å². The van der Waals surface area contributed by atoms with Gasteiger partial charge in [-0.25, -0.2) is 0 Å². The number of hydrogen-bond acceptors (Lipinski definition) is 3. The third kappa shape index (κ3) is 3.01. The van der Waals surface area contributed by atoms with Gasteiger partial charge in [-0.05, 0) is 18.1 Å². The number of thioether (sulfide) groups is 1. The van der Waals surface area contributed by atoms with Crippen LogP contribution in [0.5, 0.6) is 0 Å². The van der Waals surface area contributed by atoms with Crippen LogP contribution >= 0.6 is 11.8 Å². The molecule has 1 rings (SSSR count). The van der Waals surface area contributed by atoms with Gasteiger partial charge in [0.05, 0.1) is 0 Å². The molecule has 3 heteroatoms. The lowest BCUT2D eigenvalue weighted by Crippen LogP contribution is -2.01. The number of hydrogen-bond donors (Lipinski definition) is 1. The van der Waals surface area contributed by atoms with E-state index in [0.29, 0.717) is 11.8 Å². The smallest absolute Gasteiger partial charge is 0.0407 e. The van der Waals surface area contributed by atoms with Crippen molar-refractivity contribution in [2.45, 2.75) is 37.0 Å². The molecule has 0 bridgehead atoms. The Labute approximate surface area is 83.9 Å². The van der Waals surface area contributed by atoms with E-state index in [2.05, 4.69) is 18.8 Å². The lowest BCUT2D eigenvalue weighted by Gasteiger charge is -2.10. The Morgan fingerprint density at radius 1 is 1.62 bits per heavy atom. The van der Waals surface area contributed by atoms with Crippen LogP contribution in [0, 0.1) is 0 Å². The van der Waals surface area contributed by atoms with Gasteiger partial charge in [0.2, 0.25) is 0 Å². The molecule has 0 saturated heterocycles. The van der Waals surface area contributed by atoms with Crippen molar-refractivity contribution < 1.29 is 0 Å². The van der Waals surface area contributed by atoms with Crippen LogP contribution < -0.4 is 5.73 Å². The summed E-state index contributed by atoms with van der Waals surface area (Å²) in [6.07, 6.45) is 4.87. The second kappa shape index (κ2) is 5.25. The molecule has 1 aromatic heterocycles. The number of rotatable bonds is 4. The number of nitrogens with zero attached hydrogens (tertiary/aromatic N) is 1. The fourth-order valence-corrected chi connectivity index (χ4v) is 2.01. The average Bonchev–Trinajstić information content (AvgIpc) is 2.18. The molecular formula is C10H16N2S. The van der Waals surface area contributed by atoms with Gasteiger partial charge in [0.1, 0.15) is 0 Å². The highest BCUT2D eigenvalue weighted by atomic mass is 32.2. The standard InChI is InChI=1S/C10H16N2S/c1-3-8(2)13-10-7-12-5-4-9(10)6-11/h4-5,7-8H,3,6,11H2,1-2H3. The van der Waals surface area contributed by atoms with Crippen LogP contribution in [0.2, 0.25) is 0 Å². The van der Waals surface area contributed by atoms with Crippen molar-refractivity contribution in [1.82, 2.24) is 4.98 Å². The first-order valence-electron chi connectivity index (χ1n) is 4.57. The fourth-order valence-electron chi connectivity index (χ4n) is 0.984. The Bertz CT molecular complexity index is 263. The first kappa shape index (κ1) is 10.5. The van der Waals surface area contributed by atoms with E-state index in [1.165, 1.54) is 16.9 Å². The molecule has 2 nitrogen and oxygen atoms in total. The molecule has 0 fully saturated rings. The van der Waals surface area contributed by atoms with Crippen LogP contribution in [-0.4, -0.2) is 10.2 Å². The average molecular weight is 196 g/mol. The molecule has 13 heavy (non-hydrogen) atoms. The van der Waals surface area contributed by atoms with Crippen molar-refractivity contribution in [2.24, 2.45) is 5.73 Å². The Morgan fingerprint density at radius 3 is 3.00 bits per heavy atom. The number of nitrogens with two attached hydrogens (primary N) is 1. The predicted molar refractivity (Wildman–Crippen MR) is 57.7 cm³/mol. The molecule has 0 aliphatic carbocycles. The van der Waals surface area contributed by atoms with Gasteiger partial charge in [0.25, 0.3) is 0 Å². The van der Waals surface area contributed by atoms with Gasteiger partial charge in [-0.1, -0.05) is 13.8 Å². The van der Waals surface area contributed by atoms with Gasteiger partial charge in [-0.3, -0.25) is 4.98 Å². The number of aromatic nitrogens is 1. The van der Waals surface area contributed by atoms with Crippen molar-refractivity contribution >= 4 is 11.8 Å². The molecule has 1 atom stereocenters. The zero-order chi connectivity index (χ0) is 9.68. The molecule has 0 saturated carbocycles. The summed E-state index contributed by atoms with van der Waals surface area (Å²) in [5, 5.41) is 0.634. The van der Waals surface area contributed by atoms with E-state index in [4.69, 9.17) is 5.73 Å². The molecule has 0 aliphatic heterocycles. The van der Waals surface area contributed by atoms with Crippen molar-refractivity contribution in [3.8, 4) is 0 Å². The summed E-state index contributed by atoms with van der Waals surface area (Å²) in [5.41, 5.74) is 6.82. The Balaban J connectivity index is 2.74.